The van der Waals surface area contributed by atoms with Crippen LogP contribution in [0.2, 0.25) is 0 Å². The van der Waals surface area contributed by atoms with Crippen molar-refractivity contribution in [2.75, 3.05) is 102 Å². The van der Waals surface area contributed by atoms with Gasteiger partial charge in [-0.1, -0.05) is 24.3 Å². The van der Waals surface area contributed by atoms with Gasteiger partial charge in [0.2, 0.25) is 5.91 Å². The highest BCUT2D eigenvalue weighted by atomic mass is 16.5. The van der Waals surface area contributed by atoms with Crippen LogP contribution in [0.3, 0.4) is 0 Å². The molecule has 0 aliphatic carbocycles. The SMILES string of the molecule is COC(=O)c1ccc2c(c1)/C(=C(/Nc1ccc(N(C)C(=O)CN3CCN(C)CC3)cc1)c1ccc(CCN3CCOCC3)cc1)C(=O)N2. The molecule has 3 aromatic rings. The molecule has 48 heavy (non-hydrogen) atoms. The second-order valence-corrected chi connectivity index (χ2v) is 12.6. The van der Waals surface area contributed by atoms with E-state index in [1.54, 1.807) is 30.1 Å². The quantitative estimate of drug-likeness (QED) is 0.252. The van der Waals surface area contributed by atoms with E-state index >= 15 is 0 Å². The van der Waals surface area contributed by atoms with Crippen LogP contribution >= 0.6 is 0 Å². The summed E-state index contributed by atoms with van der Waals surface area (Å²) in [6.07, 6.45) is 0.911. The number of esters is 1. The first-order chi connectivity index (χ1) is 23.3. The normalized spacial score (nSPS) is 18.2. The molecule has 6 rings (SSSR count). The summed E-state index contributed by atoms with van der Waals surface area (Å²) in [5, 5.41) is 6.46. The van der Waals surface area contributed by atoms with Gasteiger partial charge in [-0.15, -0.1) is 0 Å². The summed E-state index contributed by atoms with van der Waals surface area (Å²) in [5.74, 6) is -0.702. The van der Waals surface area contributed by atoms with Crippen molar-refractivity contribution in [2.45, 2.75) is 6.42 Å². The van der Waals surface area contributed by atoms with Crippen LogP contribution < -0.4 is 15.5 Å². The fourth-order valence-corrected chi connectivity index (χ4v) is 6.25. The Balaban J connectivity index is 1.26. The zero-order chi connectivity index (χ0) is 33.6. The number of fused-ring (bicyclic) bond motifs is 1. The minimum atomic E-state index is -0.475. The number of ether oxygens (including phenoxy) is 2. The number of nitrogens with one attached hydrogen (secondary N) is 2. The fraction of sp³-hybridized carbons (Fsp3) is 0.378. The van der Waals surface area contributed by atoms with Crippen LogP contribution in [0, 0.1) is 0 Å². The zero-order valence-electron chi connectivity index (χ0n) is 28.0. The highest BCUT2D eigenvalue weighted by Crippen LogP contribution is 2.38. The fourth-order valence-electron chi connectivity index (χ4n) is 6.25. The van der Waals surface area contributed by atoms with E-state index in [0.29, 0.717) is 34.6 Å². The van der Waals surface area contributed by atoms with Gasteiger partial charge >= 0.3 is 5.97 Å². The molecule has 252 valence electrons. The first-order valence-corrected chi connectivity index (χ1v) is 16.5. The molecular weight excluding hydrogens is 608 g/mol. The summed E-state index contributed by atoms with van der Waals surface area (Å²) < 4.78 is 10.4. The van der Waals surface area contributed by atoms with Crippen LogP contribution in [-0.4, -0.2) is 119 Å². The molecule has 2 N–H and O–H groups in total. The Kier molecular flexibility index (Phi) is 10.5. The van der Waals surface area contributed by atoms with E-state index in [4.69, 9.17) is 9.47 Å². The molecule has 0 aromatic heterocycles. The topological polar surface area (TPSA) is 107 Å². The molecule has 2 saturated heterocycles. The van der Waals surface area contributed by atoms with Gasteiger partial charge in [-0.05, 0) is 67.1 Å². The molecule has 11 heteroatoms. The van der Waals surface area contributed by atoms with Crippen LogP contribution in [0.4, 0.5) is 17.1 Å². The third-order valence-corrected chi connectivity index (χ3v) is 9.35. The summed E-state index contributed by atoms with van der Waals surface area (Å²) in [4.78, 5) is 47.6. The Hall–Kier alpha value is -4.55. The van der Waals surface area contributed by atoms with Crippen molar-refractivity contribution in [3.63, 3.8) is 0 Å². The van der Waals surface area contributed by atoms with Crippen LogP contribution in [0.1, 0.15) is 27.0 Å². The van der Waals surface area contributed by atoms with Gasteiger partial charge < -0.3 is 29.9 Å². The van der Waals surface area contributed by atoms with E-state index in [2.05, 4.69) is 44.5 Å². The summed E-state index contributed by atoms with van der Waals surface area (Å²) in [6, 6.07) is 20.9. The second kappa shape index (κ2) is 15.1. The molecule has 3 aliphatic heterocycles. The molecule has 0 saturated carbocycles. The molecule has 0 radical (unpaired) electrons. The van der Waals surface area contributed by atoms with Crippen molar-refractivity contribution in [1.29, 1.82) is 0 Å². The number of hydrogen-bond acceptors (Lipinski definition) is 9. The molecule has 0 spiro atoms. The molecule has 2 fully saturated rings. The van der Waals surface area contributed by atoms with E-state index in [1.165, 1.54) is 12.7 Å². The minimum Gasteiger partial charge on any atom is -0.465 e. The average Bonchev–Trinajstić information content (AvgIpc) is 3.45. The molecule has 0 bridgehead atoms. The van der Waals surface area contributed by atoms with E-state index < -0.39 is 5.97 Å². The number of likely N-dealkylation sites (N-methyl/N-ethyl adjacent to an activating group) is 2. The first kappa shape index (κ1) is 33.4. The number of amides is 2. The number of piperazine rings is 1. The number of carbonyl (C=O) groups is 3. The largest absolute Gasteiger partial charge is 0.465 e. The van der Waals surface area contributed by atoms with Crippen molar-refractivity contribution >= 4 is 46.1 Å². The van der Waals surface area contributed by atoms with Gasteiger partial charge in [0.15, 0.2) is 0 Å². The number of carbonyl (C=O) groups excluding carboxylic acids is 3. The minimum absolute atomic E-state index is 0.0393. The Morgan fingerprint density at radius 2 is 1.58 bits per heavy atom. The van der Waals surface area contributed by atoms with Crippen molar-refractivity contribution in [1.82, 2.24) is 14.7 Å². The van der Waals surface area contributed by atoms with E-state index in [0.717, 1.165) is 82.4 Å². The molecule has 11 nitrogen and oxygen atoms in total. The summed E-state index contributed by atoms with van der Waals surface area (Å²) in [5.41, 5.74) is 6.21. The number of rotatable bonds is 10. The smallest absolute Gasteiger partial charge is 0.337 e. The van der Waals surface area contributed by atoms with Crippen LogP contribution in [0.15, 0.2) is 66.7 Å². The van der Waals surface area contributed by atoms with Crippen LogP contribution in [0.5, 0.6) is 0 Å². The standard InChI is InChI=1S/C37H44N6O5/c1-40-16-18-43(19-17-40)25-33(44)41(2)30-11-9-29(10-12-30)38-35(27-6-4-26(5-7-27)14-15-42-20-22-48-23-21-42)34-31-24-28(37(46)47-3)8-13-32(31)39-36(34)45/h4-13,24,38H,14-23,25H2,1-3H3,(H,39,45)/b35-34-. The lowest BCUT2D eigenvalue weighted by atomic mass is 9.97. The number of anilines is 3. The van der Waals surface area contributed by atoms with Crippen molar-refractivity contribution < 1.29 is 23.9 Å². The van der Waals surface area contributed by atoms with Crippen molar-refractivity contribution in [2.24, 2.45) is 0 Å². The Labute approximate surface area is 282 Å². The molecule has 3 aliphatic rings. The van der Waals surface area contributed by atoms with Crippen LogP contribution in [0.25, 0.3) is 11.3 Å². The van der Waals surface area contributed by atoms with Crippen molar-refractivity contribution in [3.05, 3.63) is 89.0 Å². The lowest BCUT2D eigenvalue weighted by Gasteiger charge is -2.32. The van der Waals surface area contributed by atoms with E-state index in [1.807, 2.05) is 36.4 Å². The molecule has 3 aromatic carbocycles. The number of hydrogen-bond donors (Lipinski definition) is 2. The third kappa shape index (κ3) is 7.77. The number of nitrogens with zero attached hydrogens (tertiary/aromatic N) is 4. The molecular formula is C37H44N6O5. The van der Waals surface area contributed by atoms with Gasteiger partial charge in [-0.2, -0.15) is 0 Å². The maximum Gasteiger partial charge on any atom is 0.337 e. The summed E-state index contributed by atoms with van der Waals surface area (Å²) >= 11 is 0. The van der Waals surface area contributed by atoms with Gasteiger partial charge in [-0.25, -0.2) is 4.79 Å². The number of morpholine rings is 1. The Morgan fingerprint density at radius 3 is 2.27 bits per heavy atom. The summed E-state index contributed by atoms with van der Waals surface area (Å²) in [6.45, 7) is 8.44. The third-order valence-electron chi connectivity index (χ3n) is 9.35. The lowest BCUT2D eigenvalue weighted by Crippen LogP contribution is -2.48. The first-order valence-electron chi connectivity index (χ1n) is 16.5. The molecule has 0 unspecified atom stereocenters. The maximum absolute atomic E-state index is 13.5. The Morgan fingerprint density at radius 1 is 0.896 bits per heavy atom. The van der Waals surface area contributed by atoms with Gasteiger partial charge in [0.05, 0.1) is 43.7 Å². The molecule has 0 atom stereocenters. The predicted octanol–water partition coefficient (Wildman–Crippen LogP) is 3.49. The monoisotopic (exact) mass is 652 g/mol. The Bertz CT molecular complexity index is 1660. The molecule has 3 heterocycles. The van der Waals surface area contributed by atoms with E-state index in [9.17, 15) is 14.4 Å². The summed E-state index contributed by atoms with van der Waals surface area (Å²) in [7, 11) is 5.24. The van der Waals surface area contributed by atoms with Gasteiger partial charge in [-0.3, -0.25) is 19.4 Å². The second-order valence-electron chi connectivity index (χ2n) is 12.6. The zero-order valence-corrected chi connectivity index (χ0v) is 28.0. The lowest BCUT2D eigenvalue weighted by molar-refractivity contribution is -0.119. The van der Waals surface area contributed by atoms with Gasteiger partial charge in [0.1, 0.15) is 0 Å². The highest BCUT2D eigenvalue weighted by molar-refractivity contribution is 6.37. The average molecular weight is 653 g/mol. The molecule has 2 amide bonds. The van der Waals surface area contributed by atoms with Crippen molar-refractivity contribution in [3.8, 4) is 0 Å². The van der Waals surface area contributed by atoms with E-state index in [-0.39, 0.29) is 11.8 Å². The van der Waals surface area contributed by atoms with Crippen LogP contribution in [-0.2, 0) is 25.5 Å². The highest BCUT2D eigenvalue weighted by Gasteiger charge is 2.30. The predicted molar refractivity (Wildman–Crippen MR) is 188 cm³/mol. The van der Waals surface area contributed by atoms with Gasteiger partial charge in [0, 0.05) is 75.5 Å². The number of methoxy groups -OCH3 is 1. The van der Waals surface area contributed by atoms with Gasteiger partial charge in [0.25, 0.3) is 5.91 Å². The number of benzene rings is 3. The maximum atomic E-state index is 13.5.